The third kappa shape index (κ3) is 7.28. The van der Waals surface area contributed by atoms with E-state index in [1.54, 1.807) is 12.2 Å². The number of aliphatic hydroxyl groups is 2. The van der Waals surface area contributed by atoms with Crippen molar-refractivity contribution in [3.05, 3.63) is 47.1 Å². The largest absolute Gasteiger partial charge is 0.524 e. The van der Waals surface area contributed by atoms with Crippen LogP contribution in [-0.4, -0.2) is 41.7 Å². The lowest BCUT2D eigenvalue weighted by Gasteiger charge is -2.38. The summed E-state index contributed by atoms with van der Waals surface area (Å²) in [6.07, 6.45) is 12.3. The number of piperidine rings is 1. The van der Waals surface area contributed by atoms with Crippen LogP contribution in [-0.2, 0) is 14.4 Å². The summed E-state index contributed by atoms with van der Waals surface area (Å²) in [5.41, 5.74) is -4.34. The molecule has 2 N–H and O–H groups in total. The third-order valence-corrected chi connectivity index (χ3v) is 6.35. The summed E-state index contributed by atoms with van der Waals surface area (Å²) in [6.45, 7) is 4.12. The van der Waals surface area contributed by atoms with Gasteiger partial charge in [0.05, 0.1) is 0 Å². The van der Waals surface area contributed by atoms with Crippen LogP contribution in [0.2, 0.25) is 0 Å². The predicted molar refractivity (Wildman–Crippen MR) is 115 cm³/mol. The van der Waals surface area contributed by atoms with E-state index in [4.69, 9.17) is 0 Å². The molecule has 2 aliphatic rings. The van der Waals surface area contributed by atoms with Gasteiger partial charge in [-0.2, -0.15) is 25.9 Å². The Hall–Kier alpha value is -1.46. The Kier molecular flexibility index (Phi) is 9.71. The van der Waals surface area contributed by atoms with Gasteiger partial charge < -0.3 is 10.2 Å². The van der Waals surface area contributed by atoms with Crippen molar-refractivity contribution in [2.24, 2.45) is 5.92 Å². The highest BCUT2D eigenvalue weighted by Gasteiger charge is 2.51. The van der Waals surface area contributed by atoms with Crippen LogP contribution in [0, 0.1) is 5.92 Å². The normalized spacial score (nSPS) is 27.8. The second-order valence-corrected chi connectivity index (χ2v) is 9.74. The van der Waals surface area contributed by atoms with Gasteiger partial charge in [-0.3, -0.25) is 0 Å². The molecular weight excluding hydrogens is 447 g/mol. The molecule has 32 heavy (non-hydrogen) atoms. The quantitative estimate of drug-likeness (QED) is 0.363. The van der Waals surface area contributed by atoms with Crippen molar-refractivity contribution in [3.63, 3.8) is 0 Å². The molecule has 10 heteroatoms. The number of alkyl halides is 3. The molecule has 0 aromatic heterocycles. The first-order valence-corrected chi connectivity index (χ1v) is 12.3. The predicted octanol–water partition coefficient (Wildman–Crippen LogP) is 4.85. The van der Waals surface area contributed by atoms with Gasteiger partial charge in [0.25, 0.3) is 0 Å². The van der Waals surface area contributed by atoms with Gasteiger partial charge in [0.1, 0.15) is 0 Å². The van der Waals surface area contributed by atoms with Crippen LogP contribution in [0.3, 0.4) is 0 Å². The van der Waals surface area contributed by atoms with Gasteiger partial charge in [-0.05, 0) is 36.3 Å². The summed E-state index contributed by atoms with van der Waals surface area (Å²) in [5.74, 6) is 0.0601. The molecule has 1 fully saturated rings. The molecule has 6 nitrogen and oxygen atoms in total. The zero-order chi connectivity index (χ0) is 23.9. The first-order chi connectivity index (χ1) is 15.0. The van der Waals surface area contributed by atoms with E-state index in [2.05, 4.69) is 11.2 Å². The average molecular weight is 480 g/mol. The number of aliphatic hydroxyl groups excluding tert-OH is 2. The summed E-state index contributed by atoms with van der Waals surface area (Å²) in [5, 5.41) is 21.1. The van der Waals surface area contributed by atoms with Gasteiger partial charge in [0, 0.05) is 0 Å². The smallest absolute Gasteiger partial charge is 0.372 e. The number of fused-ring (bicyclic) bond motifs is 2. The van der Waals surface area contributed by atoms with E-state index in [0.717, 1.165) is 31.3 Å². The minimum atomic E-state index is -6.06. The van der Waals surface area contributed by atoms with Crippen LogP contribution in [0.15, 0.2) is 47.1 Å². The monoisotopic (exact) mass is 479 g/mol. The summed E-state index contributed by atoms with van der Waals surface area (Å²) in [6, 6.07) is 0. The maximum absolute atomic E-state index is 12.8. The second-order valence-electron chi connectivity index (χ2n) is 8.22. The lowest BCUT2D eigenvalue weighted by atomic mass is 9.91. The van der Waals surface area contributed by atoms with Crippen molar-refractivity contribution in [1.82, 2.24) is 5.06 Å². The van der Waals surface area contributed by atoms with Crippen molar-refractivity contribution < 1.29 is 36.1 Å². The molecule has 3 atom stereocenters. The SMILES string of the molecule is CCCCCCCCC1=C[C@H](C)/C=C\C=C2/CC(=C1)[C@@H](O)N(OS(=O)(=O)C(F)(F)F)C2O. The van der Waals surface area contributed by atoms with Gasteiger partial charge in [-0.15, -0.1) is 5.06 Å². The molecule has 1 aliphatic heterocycles. The number of hydrogen-bond donors (Lipinski definition) is 2. The fourth-order valence-corrected chi connectivity index (χ4v) is 4.16. The number of nitrogens with zero attached hydrogens (tertiary/aromatic N) is 1. The summed E-state index contributed by atoms with van der Waals surface area (Å²) >= 11 is 0. The van der Waals surface area contributed by atoms with Crippen LogP contribution in [0.5, 0.6) is 0 Å². The molecule has 0 aromatic carbocycles. The van der Waals surface area contributed by atoms with Crippen LogP contribution in [0.25, 0.3) is 0 Å². The molecule has 2 rings (SSSR count). The van der Waals surface area contributed by atoms with Crippen LogP contribution in [0.1, 0.15) is 65.2 Å². The Labute approximate surface area is 187 Å². The number of hydrogen-bond acceptors (Lipinski definition) is 6. The number of allylic oxidation sites excluding steroid dienone is 6. The van der Waals surface area contributed by atoms with E-state index in [1.807, 2.05) is 19.1 Å². The lowest BCUT2D eigenvalue weighted by molar-refractivity contribution is -0.236. The summed E-state index contributed by atoms with van der Waals surface area (Å²) < 4.78 is 65.5. The van der Waals surface area contributed by atoms with Crippen molar-refractivity contribution in [2.75, 3.05) is 0 Å². The molecule has 1 heterocycles. The van der Waals surface area contributed by atoms with E-state index in [9.17, 15) is 31.8 Å². The third-order valence-electron chi connectivity index (χ3n) is 5.41. The summed E-state index contributed by atoms with van der Waals surface area (Å²) in [7, 11) is -6.06. The highest BCUT2D eigenvalue weighted by Crippen LogP contribution is 2.35. The molecule has 182 valence electrons. The Morgan fingerprint density at radius 2 is 1.72 bits per heavy atom. The Balaban J connectivity index is 2.27. The van der Waals surface area contributed by atoms with Crippen LogP contribution in [0.4, 0.5) is 13.2 Å². The zero-order valence-corrected chi connectivity index (χ0v) is 19.2. The number of halogens is 3. The molecule has 1 aliphatic carbocycles. The minimum absolute atomic E-state index is 0.0601. The molecule has 1 unspecified atom stereocenters. The average Bonchev–Trinajstić information content (AvgIpc) is 2.70. The van der Waals surface area contributed by atoms with E-state index >= 15 is 0 Å². The Bertz CT molecular complexity index is 861. The molecular formula is C22H32F3NO5S. The Morgan fingerprint density at radius 3 is 2.38 bits per heavy atom. The first-order valence-electron chi connectivity index (χ1n) is 10.9. The minimum Gasteiger partial charge on any atom is -0.372 e. The number of hydroxylamine groups is 2. The molecule has 1 saturated heterocycles. The van der Waals surface area contributed by atoms with Crippen molar-refractivity contribution in [2.45, 2.75) is 83.2 Å². The summed E-state index contributed by atoms with van der Waals surface area (Å²) in [4.78, 5) is 0. The van der Waals surface area contributed by atoms with E-state index in [0.29, 0.717) is 6.42 Å². The standard InChI is InChI=1S/C22H32F3NO5S/c1-3-4-5-6-7-8-11-17-13-16(2)10-9-12-18-15-19(14-17)21(28)26(20(18)27)31-32(29,30)22(23,24)25/h9-10,12-14,16,20-21,27-28H,3-8,11,15H2,1-2H3/b10-9-,17-13?,18-12+,19-14?/t16-,20?,21-/m1/s1. The van der Waals surface area contributed by atoms with Crippen LogP contribution >= 0.6 is 0 Å². The molecule has 0 radical (unpaired) electrons. The fourth-order valence-electron chi connectivity index (χ4n) is 3.69. The molecule has 2 bridgehead atoms. The van der Waals surface area contributed by atoms with Gasteiger partial charge in [-0.25, -0.2) is 0 Å². The van der Waals surface area contributed by atoms with Crippen molar-refractivity contribution in [1.29, 1.82) is 0 Å². The van der Waals surface area contributed by atoms with E-state index < -0.39 is 28.1 Å². The number of rotatable bonds is 9. The van der Waals surface area contributed by atoms with Gasteiger partial charge >= 0.3 is 15.6 Å². The molecule has 0 spiro atoms. The van der Waals surface area contributed by atoms with E-state index in [-0.39, 0.29) is 28.5 Å². The second kappa shape index (κ2) is 11.6. The van der Waals surface area contributed by atoms with Crippen molar-refractivity contribution >= 4 is 10.1 Å². The molecule has 0 saturated carbocycles. The van der Waals surface area contributed by atoms with Crippen LogP contribution < -0.4 is 0 Å². The van der Waals surface area contributed by atoms with Gasteiger partial charge in [-0.1, -0.05) is 81.9 Å². The highest BCUT2D eigenvalue weighted by molar-refractivity contribution is 7.87. The maximum Gasteiger partial charge on any atom is 0.524 e. The fraction of sp³-hybridized carbons (Fsp3) is 0.636. The van der Waals surface area contributed by atoms with Gasteiger partial charge in [0.15, 0.2) is 12.5 Å². The molecule has 0 amide bonds. The lowest BCUT2D eigenvalue weighted by Crippen LogP contribution is -2.51. The number of unbranched alkanes of at least 4 members (excludes halogenated alkanes) is 5. The van der Waals surface area contributed by atoms with Crippen molar-refractivity contribution in [3.8, 4) is 0 Å². The molecule has 0 aromatic rings. The maximum atomic E-state index is 12.8. The first kappa shape index (κ1) is 26.8. The topological polar surface area (TPSA) is 87.1 Å². The van der Waals surface area contributed by atoms with E-state index in [1.165, 1.54) is 18.9 Å². The zero-order valence-electron chi connectivity index (χ0n) is 18.4. The Morgan fingerprint density at radius 1 is 1.09 bits per heavy atom. The highest BCUT2D eigenvalue weighted by atomic mass is 32.2. The van der Waals surface area contributed by atoms with Gasteiger partial charge in [0.2, 0.25) is 0 Å².